The van der Waals surface area contributed by atoms with Crippen molar-refractivity contribution in [1.29, 1.82) is 0 Å². The quantitative estimate of drug-likeness (QED) is 0.755. The van der Waals surface area contributed by atoms with Crippen LogP contribution in [0.1, 0.15) is 36.5 Å². The zero-order valence-corrected chi connectivity index (χ0v) is 8.74. The van der Waals surface area contributed by atoms with E-state index in [0.29, 0.717) is 12.8 Å². The lowest BCUT2D eigenvalue weighted by molar-refractivity contribution is 0.0975. The minimum absolute atomic E-state index is 0.0834. The van der Waals surface area contributed by atoms with Crippen molar-refractivity contribution >= 4 is 5.78 Å². The molecule has 0 aliphatic carbocycles. The molecule has 3 nitrogen and oxygen atoms in total. The van der Waals surface area contributed by atoms with E-state index in [0.717, 1.165) is 12.6 Å². The normalized spacial score (nSPS) is 12.5. The lowest BCUT2D eigenvalue weighted by atomic mass is 10.0. The Morgan fingerprint density at radius 3 is 3.00 bits per heavy atom. The molecule has 0 radical (unpaired) electrons. The molecular weight excluding hydrogens is 195 g/mol. The third-order valence-electron chi connectivity index (χ3n) is 2.14. The highest BCUT2D eigenvalue weighted by atomic mass is 19.1. The van der Waals surface area contributed by atoms with Gasteiger partial charge in [0.25, 0.3) is 0 Å². The lowest BCUT2D eigenvalue weighted by Crippen LogP contribution is -2.15. The van der Waals surface area contributed by atoms with E-state index in [1.807, 2.05) is 6.92 Å². The average Bonchev–Trinajstić information content (AvgIpc) is 2.17. The standard InChI is InChI=1S/C11H15FN2O/c1-8(13)3-2-4-11(15)9-5-6-14-7-10(9)12/h5-8H,2-4,13H2,1H3. The minimum Gasteiger partial charge on any atom is -0.328 e. The highest BCUT2D eigenvalue weighted by Crippen LogP contribution is 2.10. The second-order valence-corrected chi connectivity index (χ2v) is 3.65. The number of nitrogens with zero attached hydrogens (tertiary/aromatic N) is 1. The number of rotatable bonds is 5. The molecule has 0 aliphatic heterocycles. The number of pyridine rings is 1. The summed E-state index contributed by atoms with van der Waals surface area (Å²) >= 11 is 0. The Morgan fingerprint density at radius 2 is 2.40 bits per heavy atom. The monoisotopic (exact) mass is 210 g/mol. The highest BCUT2D eigenvalue weighted by Gasteiger charge is 2.10. The minimum atomic E-state index is -0.553. The predicted molar refractivity (Wildman–Crippen MR) is 56.0 cm³/mol. The number of carbonyl (C=O) groups is 1. The largest absolute Gasteiger partial charge is 0.328 e. The summed E-state index contributed by atoms with van der Waals surface area (Å²) in [6.07, 6.45) is 4.28. The van der Waals surface area contributed by atoms with Crippen molar-refractivity contribution in [3.8, 4) is 0 Å². The summed E-state index contributed by atoms with van der Waals surface area (Å²) < 4.78 is 13.1. The van der Waals surface area contributed by atoms with E-state index in [-0.39, 0.29) is 17.4 Å². The summed E-state index contributed by atoms with van der Waals surface area (Å²) in [4.78, 5) is 15.1. The van der Waals surface area contributed by atoms with Crippen molar-refractivity contribution in [2.75, 3.05) is 0 Å². The van der Waals surface area contributed by atoms with Gasteiger partial charge in [0.2, 0.25) is 0 Å². The SMILES string of the molecule is CC(N)CCCC(=O)c1ccncc1F. The maximum atomic E-state index is 13.1. The molecule has 2 N–H and O–H groups in total. The number of nitrogens with two attached hydrogens (primary N) is 1. The Kier molecular flexibility index (Phi) is 4.37. The predicted octanol–water partition coefficient (Wildman–Crippen LogP) is 1.92. The van der Waals surface area contributed by atoms with Gasteiger partial charge in [0.15, 0.2) is 11.6 Å². The first kappa shape index (κ1) is 11.8. The zero-order valence-electron chi connectivity index (χ0n) is 8.74. The number of halogens is 1. The van der Waals surface area contributed by atoms with Crippen LogP contribution in [0.25, 0.3) is 0 Å². The fourth-order valence-electron chi connectivity index (χ4n) is 1.32. The Labute approximate surface area is 88.5 Å². The van der Waals surface area contributed by atoms with Gasteiger partial charge in [0, 0.05) is 18.7 Å². The molecule has 1 aromatic heterocycles. The summed E-state index contributed by atoms with van der Waals surface area (Å²) in [5, 5.41) is 0. The molecule has 0 bridgehead atoms. The lowest BCUT2D eigenvalue weighted by Gasteiger charge is -2.04. The smallest absolute Gasteiger partial charge is 0.165 e. The molecule has 1 heterocycles. The van der Waals surface area contributed by atoms with Crippen LogP contribution in [0.3, 0.4) is 0 Å². The second-order valence-electron chi connectivity index (χ2n) is 3.65. The second kappa shape index (κ2) is 5.56. The summed E-state index contributed by atoms with van der Waals surface area (Å²) in [5.74, 6) is -0.737. The summed E-state index contributed by atoms with van der Waals surface area (Å²) in [7, 11) is 0. The van der Waals surface area contributed by atoms with Gasteiger partial charge < -0.3 is 5.73 Å². The molecule has 0 aromatic carbocycles. The number of hydrogen-bond donors (Lipinski definition) is 1. The number of Topliss-reactive ketones (excluding diaryl/α,β-unsaturated/α-hetero) is 1. The molecule has 1 unspecified atom stereocenters. The van der Waals surface area contributed by atoms with Gasteiger partial charge in [-0.05, 0) is 25.8 Å². The van der Waals surface area contributed by atoms with Gasteiger partial charge in [-0.15, -0.1) is 0 Å². The van der Waals surface area contributed by atoms with Gasteiger partial charge in [0.1, 0.15) is 0 Å². The first-order valence-corrected chi connectivity index (χ1v) is 4.99. The van der Waals surface area contributed by atoms with Gasteiger partial charge in [-0.25, -0.2) is 4.39 Å². The van der Waals surface area contributed by atoms with Crippen molar-refractivity contribution in [3.63, 3.8) is 0 Å². The molecule has 0 fully saturated rings. The Balaban J connectivity index is 2.51. The Hall–Kier alpha value is -1.29. The van der Waals surface area contributed by atoms with Crippen molar-refractivity contribution < 1.29 is 9.18 Å². The first-order chi connectivity index (χ1) is 7.11. The molecule has 1 atom stereocenters. The van der Waals surface area contributed by atoms with Gasteiger partial charge in [-0.3, -0.25) is 9.78 Å². The van der Waals surface area contributed by atoms with Crippen molar-refractivity contribution in [2.24, 2.45) is 5.73 Å². The van der Waals surface area contributed by atoms with Crippen LogP contribution < -0.4 is 5.73 Å². The van der Waals surface area contributed by atoms with Gasteiger partial charge in [-0.2, -0.15) is 0 Å². The molecule has 1 aromatic rings. The van der Waals surface area contributed by atoms with Crippen LogP contribution in [0.15, 0.2) is 18.5 Å². The maximum Gasteiger partial charge on any atom is 0.165 e. The van der Waals surface area contributed by atoms with E-state index in [1.54, 1.807) is 0 Å². The van der Waals surface area contributed by atoms with Crippen LogP contribution >= 0.6 is 0 Å². The fraction of sp³-hybridized carbons (Fsp3) is 0.455. The molecule has 0 spiro atoms. The molecule has 0 amide bonds. The van der Waals surface area contributed by atoms with Crippen LogP contribution in [0, 0.1) is 5.82 Å². The van der Waals surface area contributed by atoms with Crippen LogP contribution in [-0.2, 0) is 0 Å². The molecule has 82 valence electrons. The molecule has 4 heteroatoms. The summed E-state index contributed by atoms with van der Waals surface area (Å²) in [6.45, 7) is 1.89. The first-order valence-electron chi connectivity index (χ1n) is 4.99. The summed E-state index contributed by atoms with van der Waals surface area (Å²) in [5.41, 5.74) is 5.67. The van der Waals surface area contributed by atoms with Crippen molar-refractivity contribution in [1.82, 2.24) is 4.98 Å². The number of aromatic nitrogens is 1. The zero-order chi connectivity index (χ0) is 11.3. The molecule has 0 saturated heterocycles. The Morgan fingerprint density at radius 1 is 1.67 bits per heavy atom. The topological polar surface area (TPSA) is 56.0 Å². The number of hydrogen-bond acceptors (Lipinski definition) is 3. The molecule has 0 saturated carbocycles. The van der Waals surface area contributed by atoms with Crippen molar-refractivity contribution in [3.05, 3.63) is 29.8 Å². The van der Waals surface area contributed by atoms with E-state index in [9.17, 15) is 9.18 Å². The average molecular weight is 210 g/mol. The highest BCUT2D eigenvalue weighted by molar-refractivity contribution is 5.96. The van der Waals surface area contributed by atoms with E-state index in [1.165, 1.54) is 12.3 Å². The van der Waals surface area contributed by atoms with Gasteiger partial charge in [0.05, 0.1) is 11.8 Å². The third kappa shape index (κ3) is 3.75. The third-order valence-corrected chi connectivity index (χ3v) is 2.14. The molecule has 15 heavy (non-hydrogen) atoms. The Bertz CT molecular complexity index is 339. The van der Waals surface area contributed by atoms with E-state index in [4.69, 9.17) is 5.73 Å². The number of carbonyl (C=O) groups excluding carboxylic acids is 1. The molecular formula is C11H15FN2O. The van der Waals surface area contributed by atoms with Crippen LogP contribution in [0.4, 0.5) is 4.39 Å². The van der Waals surface area contributed by atoms with E-state index in [2.05, 4.69) is 4.98 Å². The van der Waals surface area contributed by atoms with E-state index < -0.39 is 5.82 Å². The fourth-order valence-corrected chi connectivity index (χ4v) is 1.32. The van der Waals surface area contributed by atoms with Gasteiger partial charge in [-0.1, -0.05) is 0 Å². The van der Waals surface area contributed by atoms with Crippen LogP contribution in [0.5, 0.6) is 0 Å². The molecule has 1 rings (SSSR count). The van der Waals surface area contributed by atoms with Crippen molar-refractivity contribution in [2.45, 2.75) is 32.2 Å². The van der Waals surface area contributed by atoms with Crippen LogP contribution in [0.2, 0.25) is 0 Å². The summed E-state index contributed by atoms with van der Waals surface area (Å²) in [6, 6.07) is 1.49. The van der Waals surface area contributed by atoms with Gasteiger partial charge >= 0.3 is 0 Å². The molecule has 0 aliphatic rings. The number of ketones is 1. The van der Waals surface area contributed by atoms with E-state index >= 15 is 0 Å². The van der Waals surface area contributed by atoms with Crippen LogP contribution in [-0.4, -0.2) is 16.8 Å². The maximum absolute atomic E-state index is 13.1.